The molecule has 14 heteroatoms. The monoisotopic (exact) mass is 532 g/mol. The highest BCUT2D eigenvalue weighted by Crippen LogP contribution is 2.48. The Morgan fingerprint density at radius 1 is 0.939 bits per heavy atom. The summed E-state index contributed by atoms with van der Waals surface area (Å²) in [5, 5.41) is 0. The number of ether oxygens (including phenoxy) is 2. The molecule has 0 heterocycles. The van der Waals surface area contributed by atoms with E-state index < -0.39 is 60.0 Å². The standard InChI is InChI=1S/C19H32F8O4Si2/c1-14(2)15(28)30-10-8-12-33(6,31-32(3,4)5)11-7-9-29-13-17(22,23)19(26,27)18(24,25)16(20)21/h16H,1,7-13H2,2-6H3. The van der Waals surface area contributed by atoms with Crippen LogP contribution in [-0.4, -0.2) is 66.6 Å². The molecule has 0 fully saturated rings. The first-order chi connectivity index (χ1) is 14.7. The van der Waals surface area contributed by atoms with E-state index in [4.69, 9.17) is 8.85 Å². The summed E-state index contributed by atoms with van der Waals surface area (Å²) >= 11 is 0. The Morgan fingerprint density at radius 3 is 1.85 bits per heavy atom. The summed E-state index contributed by atoms with van der Waals surface area (Å²) in [5.74, 6) is -18.5. The second-order valence-electron chi connectivity index (χ2n) is 9.04. The van der Waals surface area contributed by atoms with E-state index in [1.165, 1.54) is 6.92 Å². The van der Waals surface area contributed by atoms with Crippen molar-refractivity contribution in [2.75, 3.05) is 19.8 Å². The highest BCUT2D eigenvalue weighted by Gasteiger charge is 2.75. The third kappa shape index (κ3) is 10.0. The van der Waals surface area contributed by atoms with Gasteiger partial charge in [0.15, 0.2) is 16.6 Å². The van der Waals surface area contributed by atoms with Gasteiger partial charge in [0.25, 0.3) is 0 Å². The molecule has 0 aromatic carbocycles. The summed E-state index contributed by atoms with van der Waals surface area (Å²) in [7, 11) is -4.47. The maximum Gasteiger partial charge on any atom is 0.380 e. The molecule has 1 unspecified atom stereocenters. The van der Waals surface area contributed by atoms with Crippen molar-refractivity contribution in [3.05, 3.63) is 12.2 Å². The van der Waals surface area contributed by atoms with Gasteiger partial charge >= 0.3 is 30.2 Å². The Kier molecular flexibility index (Phi) is 11.7. The molecule has 0 aromatic heterocycles. The van der Waals surface area contributed by atoms with Crippen molar-refractivity contribution in [3.63, 3.8) is 0 Å². The zero-order valence-corrected chi connectivity index (χ0v) is 21.4. The van der Waals surface area contributed by atoms with Crippen LogP contribution in [0.2, 0.25) is 38.3 Å². The lowest BCUT2D eigenvalue weighted by Gasteiger charge is -2.35. The van der Waals surface area contributed by atoms with Gasteiger partial charge in [-0.25, -0.2) is 13.6 Å². The minimum Gasteiger partial charge on any atom is -0.462 e. The van der Waals surface area contributed by atoms with Crippen molar-refractivity contribution in [2.45, 2.75) is 82.2 Å². The van der Waals surface area contributed by atoms with Crippen molar-refractivity contribution in [1.29, 1.82) is 0 Å². The number of carbonyl (C=O) groups excluding carboxylic acids is 1. The van der Waals surface area contributed by atoms with Crippen LogP contribution in [0.5, 0.6) is 0 Å². The Hall–Kier alpha value is -0.996. The van der Waals surface area contributed by atoms with Crippen LogP contribution in [0.4, 0.5) is 35.1 Å². The average molecular weight is 533 g/mol. The quantitative estimate of drug-likeness (QED) is 0.0749. The number of alkyl halides is 8. The summed E-state index contributed by atoms with van der Waals surface area (Å²) in [5.41, 5.74) is 0.249. The molecule has 0 amide bonds. The molecular formula is C19H32F8O4Si2. The molecular weight excluding hydrogens is 500 g/mol. The van der Waals surface area contributed by atoms with Crippen LogP contribution >= 0.6 is 0 Å². The summed E-state index contributed by atoms with van der Waals surface area (Å²) < 4.78 is 119. The van der Waals surface area contributed by atoms with Gasteiger partial charge in [0.2, 0.25) is 0 Å². The number of hydrogen-bond donors (Lipinski definition) is 0. The number of esters is 1. The molecule has 0 saturated carbocycles. The number of hydrogen-bond acceptors (Lipinski definition) is 4. The van der Waals surface area contributed by atoms with Gasteiger partial charge in [0.05, 0.1) is 6.61 Å². The smallest absolute Gasteiger partial charge is 0.380 e. The molecule has 0 aliphatic heterocycles. The van der Waals surface area contributed by atoms with E-state index in [0.717, 1.165) is 0 Å². The van der Waals surface area contributed by atoms with E-state index in [1.54, 1.807) is 0 Å². The van der Waals surface area contributed by atoms with Gasteiger partial charge in [-0.3, -0.25) is 0 Å². The molecule has 0 aromatic rings. The molecule has 0 rings (SSSR count). The molecule has 33 heavy (non-hydrogen) atoms. The zero-order chi connectivity index (χ0) is 26.3. The predicted octanol–water partition coefficient (Wildman–Crippen LogP) is 6.50. The van der Waals surface area contributed by atoms with Gasteiger partial charge in [-0.05, 0) is 58.0 Å². The summed E-state index contributed by atoms with van der Waals surface area (Å²) in [6.07, 6.45) is -4.38. The molecule has 0 spiro atoms. The second kappa shape index (κ2) is 12.1. The summed E-state index contributed by atoms with van der Waals surface area (Å²) in [4.78, 5) is 11.4. The van der Waals surface area contributed by atoms with Crippen LogP contribution in [-0.2, 0) is 18.4 Å². The first-order valence-corrected chi connectivity index (χ1v) is 16.4. The van der Waals surface area contributed by atoms with Crippen LogP contribution in [0.1, 0.15) is 19.8 Å². The molecule has 0 saturated heterocycles. The van der Waals surface area contributed by atoms with Crippen molar-refractivity contribution in [2.24, 2.45) is 0 Å². The average Bonchev–Trinajstić information content (AvgIpc) is 2.62. The van der Waals surface area contributed by atoms with Crippen LogP contribution in [0, 0.1) is 0 Å². The largest absolute Gasteiger partial charge is 0.462 e. The van der Waals surface area contributed by atoms with E-state index in [2.05, 4.69) is 11.3 Å². The molecule has 0 radical (unpaired) electrons. The van der Waals surface area contributed by atoms with Crippen molar-refractivity contribution in [3.8, 4) is 0 Å². The van der Waals surface area contributed by atoms with E-state index in [1.807, 2.05) is 26.2 Å². The molecule has 0 aliphatic carbocycles. The maximum absolute atomic E-state index is 13.5. The Morgan fingerprint density at radius 2 is 1.42 bits per heavy atom. The zero-order valence-electron chi connectivity index (χ0n) is 19.4. The third-order valence-corrected chi connectivity index (χ3v) is 11.7. The van der Waals surface area contributed by atoms with E-state index >= 15 is 0 Å². The van der Waals surface area contributed by atoms with Crippen LogP contribution < -0.4 is 0 Å². The van der Waals surface area contributed by atoms with Gasteiger partial charge in [0, 0.05) is 12.2 Å². The first kappa shape index (κ1) is 32.0. The SMILES string of the molecule is C=C(C)C(=O)OCCC[Si](C)(CCCOCC(F)(F)C(F)(F)C(F)(F)C(F)F)O[Si](C)(C)C. The fourth-order valence-corrected chi connectivity index (χ4v) is 11.7. The normalized spacial score (nSPS) is 15.5. The molecule has 0 N–H and O–H groups in total. The molecule has 1 atom stereocenters. The fraction of sp³-hybridized carbons (Fsp3) is 0.842. The number of halogens is 8. The summed E-state index contributed by atoms with van der Waals surface area (Å²) in [6.45, 7) is 10.2. The van der Waals surface area contributed by atoms with E-state index in [9.17, 15) is 39.9 Å². The first-order valence-electron chi connectivity index (χ1n) is 10.2. The lowest BCUT2D eigenvalue weighted by Crippen LogP contribution is -2.59. The summed E-state index contributed by atoms with van der Waals surface area (Å²) in [6, 6.07) is 0.927. The highest BCUT2D eigenvalue weighted by molar-refractivity contribution is 6.84. The minimum absolute atomic E-state index is 0.103. The van der Waals surface area contributed by atoms with Crippen molar-refractivity contribution in [1.82, 2.24) is 0 Å². The molecule has 0 bridgehead atoms. The van der Waals surface area contributed by atoms with Gasteiger partial charge in [-0.1, -0.05) is 6.58 Å². The van der Waals surface area contributed by atoms with E-state index in [-0.39, 0.29) is 18.6 Å². The lowest BCUT2D eigenvalue weighted by molar-refractivity contribution is -0.345. The fourth-order valence-electron chi connectivity index (χ4n) is 2.92. The molecule has 0 aliphatic rings. The molecule has 196 valence electrons. The predicted molar refractivity (Wildman–Crippen MR) is 112 cm³/mol. The number of carbonyl (C=O) groups is 1. The van der Waals surface area contributed by atoms with Gasteiger partial charge < -0.3 is 13.6 Å². The van der Waals surface area contributed by atoms with Crippen LogP contribution in [0.15, 0.2) is 12.2 Å². The Bertz CT molecular complexity index is 656. The van der Waals surface area contributed by atoms with Gasteiger partial charge in [-0.15, -0.1) is 0 Å². The third-order valence-electron chi connectivity index (χ3n) is 4.41. The maximum atomic E-state index is 13.5. The molecule has 4 nitrogen and oxygen atoms in total. The number of rotatable bonds is 16. The lowest BCUT2D eigenvalue weighted by atomic mass is 10.1. The minimum atomic E-state index is -6.28. The Balaban J connectivity index is 4.83. The van der Waals surface area contributed by atoms with Crippen LogP contribution in [0.25, 0.3) is 0 Å². The van der Waals surface area contributed by atoms with Crippen molar-refractivity contribution < 1.29 is 53.5 Å². The van der Waals surface area contributed by atoms with E-state index in [0.29, 0.717) is 18.5 Å². The Labute approximate surface area is 190 Å². The van der Waals surface area contributed by atoms with Crippen LogP contribution in [0.3, 0.4) is 0 Å². The van der Waals surface area contributed by atoms with Gasteiger partial charge in [-0.2, -0.15) is 26.3 Å². The second-order valence-corrected chi connectivity index (χ2v) is 18.0. The topological polar surface area (TPSA) is 44.8 Å². The van der Waals surface area contributed by atoms with Crippen molar-refractivity contribution >= 4 is 22.6 Å². The van der Waals surface area contributed by atoms with Gasteiger partial charge in [0.1, 0.15) is 6.61 Å². The highest BCUT2D eigenvalue weighted by atomic mass is 28.4.